The Hall–Kier alpha value is -5.16. The number of hydrogen-bond donors (Lipinski definition) is 4. The monoisotopic (exact) mass is 994 g/mol. The Bertz CT molecular complexity index is 2650. The maximum atomic E-state index is 13.3. The van der Waals surface area contributed by atoms with E-state index in [0.717, 1.165) is 13.8 Å². The number of para-hydroxylation sites is 2. The maximum Gasteiger partial charge on any atom is 0.258 e. The molecule has 22 heteroatoms. The van der Waals surface area contributed by atoms with Crippen LogP contribution in [0.15, 0.2) is 105 Å². The quantitative estimate of drug-likeness (QED) is 0.0630. The summed E-state index contributed by atoms with van der Waals surface area (Å²) in [6, 6.07) is 16.4. The Morgan fingerprint density at radius 1 is 0.452 bits per heavy atom. The van der Waals surface area contributed by atoms with Gasteiger partial charge in [0.15, 0.2) is 11.6 Å². The molecule has 4 N–H and O–H groups in total. The molecule has 0 saturated carbocycles. The number of amides is 4. The van der Waals surface area contributed by atoms with Crippen molar-refractivity contribution in [1.82, 2.24) is 0 Å². The highest BCUT2D eigenvalue weighted by molar-refractivity contribution is 6.42. The van der Waals surface area contributed by atoms with Crippen LogP contribution in [0.25, 0.3) is 0 Å². The predicted octanol–water partition coefficient (Wildman–Crippen LogP) is 12.8. The number of rotatable bonds is 14. The maximum absolute atomic E-state index is 13.3. The van der Waals surface area contributed by atoms with Crippen LogP contribution in [0.1, 0.15) is 34.6 Å². The Labute approximate surface area is 392 Å². The van der Waals surface area contributed by atoms with Crippen molar-refractivity contribution in [2.24, 2.45) is 20.5 Å². The zero-order valence-electron chi connectivity index (χ0n) is 31.5. The van der Waals surface area contributed by atoms with E-state index in [0.29, 0.717) is 0 Å². The van der Waals surface area contributed by atoms with Gasteiger partial charge in [-0.15, -0.1) is 0 Å². The Morgan fingerprint density at radius 3 is 1.18 bits per heavy atom. The van der Waals surface area contributed by atoms with E-state index < -0.39 is 47.3 Å². The van der Waals surface area contributed by atoms with E-state index in [2.05, 4.69) is 41.7 Å². The van der Waals surface area contributed by atoms with Gasteiger partial charge in [0.1, 0.15) is 0 Å². The largest absolute Gasteiger partial charge is 0.324 e. The summed E-state index contributed by atoms with van der Waals surface area (Å²) in [4.78, 5) is 77.6. The van der Waals surface area contributed by atoms with Gasteiger partial charge in [-0.1, -0.05) is 105 Å². The molecule has 0 saturated heterocycles. The molecule has 0 aliphatic heterocycles. The summed E-state index contributed by atoms with van der Waals surface area (Å²) in [6.45, 7) is 2.20. The lowest BCUT2D eigenvalue weighted by molar-refractivity contribution is -0.127. The van der Waals surface area contributed by atoms with Gasteiger partial charge in [-0.05, 0) is 86.6 Å². The highest BCUT2D eigenvalue weighted by Crippen LogP contribution is 2.36. The molecule has 0 spiro atoms. The van der Waals surface area contributed by atoms with Crippen LogP contribution < -0.4 is 21.3 Å². The van der Waals surface area contributed by atoms with E-state index in [9.17, 15) is 28.8 Å². The summed E-state index contributed by atoms with van der Waals surface area (Å²) in [6.07, 6.45) is 0. The molecule has 2 atom stereocenters. The molecule has 5 aromatic carbocycles. The topological polar surface area (TPSA) is 200 Å². The van der Waals surface area contributed by atoms with E-state index in [4.69, 9.17) is 92.8 Å². The summed E-state index contributed by atoms with van der Waals surface area (Å²) in [5, 5.41) is 26.4. The first-order valence-electron chi connectivity index (χ1n) is 17.4. The first-order chi connectivity index (χ1) is 29.3. The van der Waals surface area contributed by atoms with E-state index in [1.807, 2.05) is 0 Å². The van der Waals surface area contributed by atoms with Crippen molar-refractivity contribution >= 4 is 162 Å². The first kappa shape index (κ1) is 47.9. The molecule has 0 radical (unpaired) electrons. The Morgan fingerprint density at radius 2 is 0.806 bits per heavy atom. The van der Waals surface area contributed by atoms with Crippen molar-refractivity contribution in [3.8, 4) is 0 Å². The van der Waals surface area contributed by atoms with Crippen LogP contribution in [0.5, 0.6) is 0 Å². The van der Waals surface area contributed by atoms with Gasteiger partial charge in [-0.2, -0.15) is 20.5 Å². The molecule has 0 aliphatic carbocycles. The molecule has 4 amide bonds. The summed E-state index contributed by atoms with van der Waals surface area (Å²) in [5.74, 6) is -4.62. The van der Waals surface area contributed by atoms with Crippen LogP contribution in [0.3, 0.4) is 0 Å². The summed E-state index contributed by atoms with van der Waals surface area (Å²) in [5.41, 5.74) is 0.303. The highest BCUT2D eigenvalue weighted by Gasteiger charge is 2.27. The molecule has 0 aliphatic rings. The average molecular weight is 998 g/mol. The molecule has 0 fully saturated rings. The van der Waals surface area contributed by atoms with Crippen LogP contribution in [0.4, 0.5) is 34.1 Å². The molecule has 5 aromatic rings. The van der Waals surface area contributed by atoms with Gasteiger partial charge in [0.05, 0.1) is 58.6 Å². The van der Waals surface area contributed by atoms with E-state index in [1.54, 1.807) is 12.1 Å². The van der Waals surface area contributed by atoms with E-state index in [1.165, 1.54) is 72.8 Å². The molecular weight excluding hydrogens is 972 g/mol. The van der Waals surface area contributed by atoms with Crippen LogP contribution in [-0.2, 0) is 19.2 Å². The van der Waals surface area contributed by atoms with Gasteiger partial charge in [0.2, 0.25) is 12.1 Å². The number of carbonyl (C=O) groups is 6. The van der Waals surface area contributed by atoms with Crippen LogP contribution >= 0.6 is 92.8 Å². The SMILES string of the molecule is CC(=O)C(N=Nc1cc(Cl)cc(C(=O)Nc2c(Cl)cccc2Cl)c1)C(=O)Nc1cc(Cl)c(NC(=O)C(N=Nc2cc(Cl)cc(C(=O)Nc3c(Cl)cccc3Cl)c2)C(C)=O)c(Cl)c1. The normalized spacial score (nSPS) is 12.2. The fourth-order valence-electron chi connectivity index (χ4n) is 5.18. The van der Waals surface area contributed by atoms with Crippen molar-refractivity contribution in [3.63, 3.8) is 0 Å². The van der Waals surface area contributed by atoms with Gasteiger partial charge in [-0.3, -0.25) is 28.8 Å². The summed E-state index contributed by atoms with van der Waals surface area (Å²) in [7, 11) is 0. The minimum Gasteiger partial charge on any atom is -0.324 e. The third-order valence-electron chi connectivity index (χ3n) is 8.09. The number of hydrogen-bond acceptors (Lipinski definition) is 10. The fourth-order valence-corrected chi connectivity index (χ4v) is 7.21. The molecule has 5 rings (SSSR count). The molecule has 0 aromatic heterocycles. The van der Waals surface area contributed by atoms with Gasteiger partial charge in [-0.25, -0.2) is 0 Å². The summed E-state index contributed by atoms with van der Waals surface area (Å²) >= 11 is 50.0. The van der Waals surface area contributed by atoms with Gasteiger partial charge in [0, 0.05) is 26.9 Å². The van der Waals surface area contributed by atoms with Crippen molar-refractivity contribution in [2.45, 2.75) is 25.9 Å². The van der Waals surface area contributed by atoms with Crippen molar-refractivity contribution in [1.29, 1.82) is 0 Å². The van der Waals surface area contributed by atoms with E-state index in [-0.39, 0.29) is 85.4 Å². The second-order valence-corrected chi connectivity index (χ2v) is 16.1. The van der Waals surface area contributed by atoms with E-state index >= 15 is 0 Å². The van der Waals surface area contributed by atoms with Gasteiger partial charge < -0.3 is 21.3 Å². The van der Waals surface area contributed by atoms with Crippen molar-refractivity contribution in [2.75, 3.05) is 21.3 Å². The Balaban J connectivity index is 1.27. The molecule has 2 unspecified atom stereocenters. The minimum absolute atomic E-state index is 0.00944. The highest BCUT2D eigenvalue weighted by atomic mass is 35.5. The summed E-state index contributed by atoms with van der Waals surface area (Å²) < 4.78 is 0. The number of Topliss-reactive ketones (excluding diaryl/α,β-unsaturated/α-hetero) is 2. The zero-order valence-corrected chi connectivity index (χ0v) is 37.5. The van der Waals surface area contributed by atoms with Crippen molar-refractivity contribution in [3.05, 3.63) is 136 Å². The lowest BCUT2D eigenvalue weighted by Gasteiger charge is -2.15. The predicted molar refractivity (Wildman–Crippen MR) is 243 cm³/mol. The lowest BCUT2D eigenvalue weighted by atomic mass is 10.1. The number of carbonyl (C=O) groups excluding carboxylic acids is 6. The first-order valence-corrected chi connectivity index (χ1v) is 20.4. The third-order valence-corrected chi connectivity index (χ3v) is 10.4. The lowest BCUT2D eigenvalue weighted by Crippen LogP contribution is -2.32. The molecule has 62 heavy (non-hydrogen) atoms. The standard InChI is InChI=1S/C40H26Cl8N8O6/c1-17(57)32(55-53-24-11-19(9-21(41)13-24)37(59)50-34-26(43)5-3-6-27(34)44)39(61)49-23-15-30(47)36(31(48)16-23)52-40(62)33(18(2)58)56-54-25-12-20(10-22(42)14-25)38(60)51-35-28(45)7-4-8-29(35)46/h3-16,32-33H,1-2H3,(H,49,61)(H,50,59)(H,51,60)(H,52,62). The third kappa shape index (κ3) is 12.5. The number of azo groups is 2. The number of ketones is 2. The van der Waals surface area contributed by atoms with Crippen LogP contribution in [0.2, 0.25) is 40.2 Å². The van der Waals surface area contributed by atoms with Gasteiger partial charge in [0.25, 0.3) is 23.6 Å². The number of benzene rings is 5. The molecule has 318 valence electrons. The smallest absolute Gasteiger partial charge is 0.258 e. The number of anilines is 4. The molecule has 0 bridgehead atoms. The number of halogens is 8. The van der Waals surface area contributed by atoms with Gasteiger partial charge >= 0.3 is 0 Å². The Kier molecular flexibility index (Phi) is 16.4. The molecular formula is C40H26Cl8N8O6. The number of nitrogens with zero attached hydrogens (tertiary/aromatic N) is 4. The average Bonchev–Trinajstić information content (AvgIpc) is 3.18. The second-order valence-electron chi connectivity index (χ2n) is 12.7. The fraction of sp³-hybridized carbons (Fsp3) is 0.100. The molecule has 14 nitrogen and oxygen atoms in total. The van der Waals surface area contributed by atoms with Crippen molar-refractivity contribution < 1.29 is 28.8 Å². The second kappa shape index (κ2) is 21.3. The van der Waals surface area contributed by atoms with Crippen LogP contribution in [-0.4, -0.2) is 47.3 Å². The number of nitrogens with one attached hydrogen (secondary N) is 4. The zero-order chi connectivity index (χ0) is 45.4. The van der Waals surface area contributed by atoms with Crippen LogP contribution in [0, 0.1) is 0 Å². The molecule has 0 heterocycles. The minimum atomic E-state index is -1.72.